The molecule has 134 valence electrons. The number of hydrogen-bond acceptors (Lipinski definition) is 2. The highest BCUT2D eigenvalue weighted by molar-refractivity contribution is 5.79. The van der Waals surface area contributed by atoms with Gasteiger partial charge in [-0.25, -0.2) is 9.37 Å². The number of nitrogens with zero attached hydrogens (tertiary/aromatic N) is 3. The van der Waals surface area contributed by atoms with Gasteiger partial charge in [0.2, 0.25) is 0 Å². The summed E-state index contributed by atoms with van der Waals surface area (Å²) in [5, 5.41) is 3.27. The van der Waals surface area contributed by atoms with Crippen LogP contribution in [0.1, 0.15) is 11.4 Å². The normalized spacial score (nSPS) is 11.4. The van der Waals surface area contributed by atoms with Crippen molar-refractivity contribution in [3.63, 3.8) is 0 Å². The molecule has 0 bridgehead atoms. The second-order valence-corrected chi connectivity index (χ2v) is 6.00. The number of halogens is 1. The highest BCUT2D eigenvalue weighted by Gasteiger charge is 2.09. The number of benzene rings is 2. The van der Waals surface area contributed by atoms with Gasteiger partial charge in [0.1, 0.15) is 11.6 Å². The standard InChI is InChI=1S/C20H22FN5/c1-22-20(26(2)14-15-7-6-10-17(21)11-15)24-13-19-23-12-18(25-19)16-8-4-3-5-9-16/h3-12H,13-14H2,1-2H3,(H,22,24)(H,23,25). The van der Waals surface area contributed by atoms with Gasteiger partial charge in [0, 0.05) is 20.6 Å². The summed E-state index contributed by atoms with van der Waals surface area (Å²) >= 11 is 0. The van der Waals surface area contributed by atoms with Crippen molar-refractivity contribution < 1.29 is 4.39 Å². The molecule has 5 nitrogen and oxygen atoms in total. The molecule has 0 atom stereocenters. The first-order valence-corrected chi connectivity index (χ1v) is 8.41. The second kappa shape index (κ2) is 8.29. The summed E-state index contributed by atoms with van der Waals surface area (Å²) < 4.78 is 13.3. The zero-order chi connectivity index (χ0) is 18.4. The van der Waals surface area contributed by atoms with Crippen molar-refractivity contribution in [1.82, 2.24) is 20.2 Å². The van der Waals surface area contributed by atoms with Crippen molar-refractivity contribution in [2.45, 2.75) is 13.1 Å². The average molecular weight is 351 g/mol. The van der Waals surface area contributed by atoms with Gasteiger partial charge in [-0.1, -0.05) is 42.5 Å². The van der Waals surface area contributed by atoms with E-state index in [9.17, 15) is 4.39 Å². The minimum Gasteiger partial charge on any atom is -0.349 e. The van der Waals surface area contributed by atoms with E-state index in [0.717, 1.165) is 22.6 Å². The molecule has 1 heterocycles. The average Bonchev–Trinajstić information content (AvgIpc) is 3.12. The summed E-state index contributed by atoms with van der Waals surface area (Å²) in [6.45, 7) is 1.08. The fraction of sp³-hybridized carbons (Fsp3) is 0.200. The van der Waals surface area contributed by atoms with Crippen LogP contribution < -0.4 is 5.32 Å². The first kappa shape index (κ1) is 17.7. The van der Waals surface area contributed by atoms with Crippen molar-refractivity contribution in [2.75, 3.05) is 14.1 Å². The lowest BCUT2D eigenvalue weighted by atomic mass is 10.2. The first-order valence-electron chi connectivity index (χ1n) is 8.41. The predicted molar refractivity (Wildman–Crippen MR) is 102 cm³/mol. The second-order valence-electron chi connectivity index (χ2n) is 6.00. The number of aromatic nitrogens is 2. The lowest BCUT2D eigenvalue weighted by Crippen LogP contribution is -2.38. The Kier molecular flexibility index (Phi) is 5.63. The lowest BCUT2D eigenvalue weighted by molar-refractivity contribution is 0.473. The summed E-state index contributed by atoms with van der Waals surface area (Å²) in [5.74, 6) is 1.30. The number of aliphatic imine (C=N–C) groups is 1. The maximum Gasteiger partial charge on any atom is 0.194 e. The number of imidazole rings is 1. The molecule has 0 spiro atoms. The molecule has 0 saturated heterocycles. The van der Waals surface area contributed by atoms with Crippen LogP contribution in [0, 0.1) is 5.82 Å². The number of rotatable bonds is 5. The smallest absolute Gasteiger partial charge is 0.194 e. The highest BCUT2D eigenvalue weighted by Crippen LogP contribution is 2.16. The summed E-state index contributed by atoms with van der Waals surface area (Å²) in [6, 6.07) is 16.6. The van der Waals surface area contributed by atoms with Gasteiger partial charge < -0.3 is 15.2 Å². The monoisotopic (exact) mass is 351 g/mol. The van der Waals surface area contributed by atoms with E-state index >= 15 is 0 Å². The van der Waals surface area contributed by atoms with Gasteiger partial charge in [-0.3, -0.25) is 4.99 Å². The van der Waals surface area contributed by atoms with Crippen LogP contribution in [0.15, 0.2) is 65.8 Å². The Bertz CT molecular complexity index is 873. The van der Waals surface area contributed by atoms with Gasteiger partial charge in [-0.05, 0) is 23.3 Å². The lowest BCUT2D eigenvalue weighted by Gasteiger charge is -2.21. The largest absolute Gasteiger partial charge is 0.349 e. The summed E-state index contributed by atoms with van der Waals surface area (Å²) in [4.78, 5) is 13.9. The summed E-state index contributed by atoms with van der Waals surface area (Å²) in [5.41, 5.74) is 2.96. The number of hydrogen-bond donors (Lipinski definition) is 2. The van der Waals surface area contributed by atoms with Crippen molar-refractivity contribution in [2.24, 2.45) is 4.99 Å². The van der Waals surface area contributed by atoms with Crippen LogP contribution in [0.5, 0.6) is 0 Å². The molecule has 1 aromatic heterocycles. The molecule has 0 aliphatic carbocycles. The molecule has 0 amide bonds. The summed E-state index contributed by atoms with van der Waals surface area (Å²) in [7, 11) is 3.64. The fourth-order valence-corrected chi connectivity index (χ4v) is 2.75. The molecule has 26 heavy (non-hydrogen) atoms. The maximum absolute atomic E-state index is 13.3. The van der Waals surface area contributed by atoms with E-state index in [1.165, 1.54) is 12.1 Å². The number of H-pyrrole nitrogens is 1. The van der Waals surface area contributed by atoms with E-state index in [2.05, 4.69) is 20.3 Å². The van der Waals surface area contributed by atoms with Crippen molar-refractivity contribution in [3.05, 3.63) is 78.0 Å². The minimum absolute atomic E-state index is 0.233. The van der Waals surface area contributed by atoms with Crippen LogP contribution in [-0.2, 0) is 13.1 Å². The molecular weight excluding hydrogens is 329 g/mol. The highest BCUT2D eigenvalue weighted by atomic mass is 19.1. The third-order valence-corrected chi connectivity index (χ3v) is 4.01. The van der Waals surface area contributed by atoms with Crippen LogP contribution in [0.4, 0.5) is 4.39 Å². The Labute approximate surface area is 152 Å². The topological polar surface area (TPSA) is 56.3 Å². The quantitative estimate of drug-likeness (QED) is 0.547. The van der Waals surface area contributed by atoms with E-state index < -0.39 is 0 Å². The van der Waals surface area contributed by atoms with E-state index in [4.69, 9.17) is 0 Å². The van der Waals surface area contributed by atoms with Crippen LogP contribution >= 0.6 is 0 Å². The number of nitrogens with one attached hydrogen (secondary N) is 2. The van der Waals surface area contributed by atoms with Gasteiger partial charge in [-0.15, -0.1) is 0 Å². The molecule has 0 unspecified atom stereocenters. The zero-order valence-corrected chi connectivity index (χ0v) is 14.9. The van der Waals surface area contributed by atoms with E-state index in [-0.39, 0.29) is 5.82 Å². The molecule has 0 aliphatic heterocycles. The Morgan fingerprint density at radius 3 is 2.73 bits per heavy atom. The molecule has 2 aromatic carbocycles. The summed E-state index contributed by atoms with van der Waals surface area (Å²) in [6.07, 6.45) is 1.82. The minimum atomic E-state index is -0.233. The van der Waals surface area contributed by atoms with Gasteiger partial charge >= 0.3 is 0 Å². The van der Waals surface area contributed by atoms with E-state index in [1.54, 1.807) is 13.1 Å². The molecular formula is C20H22FN5. The molecule has 3 aromatic rings. The van der Waals surface area contributed by atoms with Crippen LogP contribution in [0.25, 0.3) is 11.3 Å². The molecule has 0 saturated carbocycles. The Hall–Kier alpha value is -3.15. The molecule has 0 fully saturated rings. The van der Waals surface area contributed by atoms with Gasteiger partial charge in [0.25, 0.3) is 0 Å². The van der Waals surface area contributed by atoms with Crippen molar-refractivity contribution in [3.8, 4) is 11.3 Å². The van der Waals surface area contributed by atoms with Gasteiger partial charge in [-0.2, -0.15) is 0 Å². The van der Waals surface area contributed by atoms with Gasteiger partial charge in [0.05, 0.1) is 18.4 Å². The van der Waals surface area contributed by atoms with Crippen molar-refractivity contribution in [1.29, 1.82) is 0 Å². The Morgan fingerprint density at radius 2 is 2.00 bits per heavy atom. The van der Waals surface area contributed by atoms with Crippen molar-refractivity contribution >= 4 is 5.96 Å². The molecule has 0 aliphatic rings. The van der Waals surface area contributed by atoms with Crippen LogP contribution in [0.2, 0.25) is 0 Å². The molecule has 0 radical (unpaired) electrons. The van der Waals surface area contributed by atoms with E-state index in [1.807, 2.05) is 54.5 Å². The number of guanidine groups is 1. The number of aromatic amines is 1. The predicted octanol–water partition coefficient (Wildman–Crippen LogP) is 3.42. The van der Waals surface area contributed by atoms with E-state index in [0.29, 0.717) is 19.0 Å². The third kappa shape index (κ3) is 4.47. The SMILES string of the molecule is CN=C(NCc1ncc(-c2ccccc2)[nH]1)N(C)Cc1cccc(F)c1. The van der Waals surface area contributed by atoms with Gasteiger partial charge in [0.15, 0.2) is 5.96 Å². The van der Waals surface area contributed by atoms with Crippen LogP contribution in [0.3, 0.4) is 0 Å². The Balaban J connectivity index is 1.60. The third-order valence-electron chi connectivity index (χ3n) is 4.01. The zero-order valence-electron chi connectivity index (χ0n) is 14.9. The molecule has 2 N–H and O–H groups in total. The van der Waals surface area contributed by atoms with Crippen LogP contribution in [-0.4, -0.2) is 34.9 Å². The molecule has 6 heteroatoms. The Morgan fingerprint density at radius 1 is 1.19 bits per heavy atom. The fourth-order valence-electron chi connectivity index (χ4n) is 2.75. The maximum atomic E-state index is 13.3. The molecule has 3 rings (SSSR count). The first-order chi connectivity index (χ1) is 12.7.